The lowest BCUT2D eigenvalue weighted by Crippen LogP contribution is -2.66. The van der Waals surface area contributed by atoms with E-state index in [2.05, 4.69) is 6.92 Å². The van der Waals surface area contributed by atoms with Gasteiger partial charge in [-0.25, -0.2) is 0 Å². The maximum atomic E-state index is 11.0. The second-order valence-corrected chi connectivity index (χ2v) is 16.4. The van der Waals surface area contributed by atoms with Crippen molar-refractivity contribution in [2.24, 2.45) is 0 Å². The molecule has 5 aromatic rings. The van der Waals surface area contributed by atoms with Crippen molar-refractivity contribution >= 4 is 11.8 Å². The highest BCUT2D eigenvalue weighted by Gasteiger charge is 2.55. The van der Waals surface area contributed by atoms with Crippen molar-refractivity contribution in [1.82, 2.24) is 0 Å². The van der Waals surface area contributed by atoms with Gasteiger partial charge in [-0.3, -0.25) is 0 Å². The third kappa shape index (κ3) is 10.9. The van der Waals surface area contributed by atoms with Gasteiger partial charge in [-0.15, -0.1) is 11.8 Å². The van der Waals surface area contributed by atoms with Crippen LogP contribution < -0.4 is 0 Å². The molecule has 3 fully saturated rings. The van der Waals surface area contributed by atoms with Gasteiger partial charge in [0.15, 0.2) is 12.6 Å². The average Bonchev–Trinajstić information content (AvgIpc) is 3.31. The number of thioether (sulfide) groups is 1. The molecule has 0 spiro atoms. The largest absolute Gasteiger partial charge is 0.394 e. The molecular formula is C49H54O10S. The Labute approximate surface area is 357 Å². The number of benzene rings is 5. The zero-order valence-electron chi connectivity index (χ0n) is 33.8. The third-order valence-electron chi connectivity index (χ3n) is 10.9. The van der Waals surface area contributed by atoms with Crippen molar-refractivity contribution in [1.29, 1.82) is 0 Å². The molecule has 5 aromatic carbocycles. The number of fused-ring (bicyclic) bond motifs is 1. The number of aliphatic hydroxyl groups is 1. The molecule has 0 bridgehead atoms. The summed E-state index contributed by atoms with van der Waals surface area (Å²) in [5.41, 5.74) is 4.42. The van der Waals surface area contributed by atoms with Gasteiger partial charge in [0, 0.05) is 5.56 Å². The normalized spacial score (nSPS) is 29.1. The Morgan fingerprint density at radius 2 is 1.00 bits per heavy atom. The molecule has 0 saturated carbocycles. The van der Waals surface area contributed by atoms with Crippen molar-refractivity contribution < 1.29 is 47.7 Å². The van der Waals surface area contributed by atoms with Gasteiger partial charge in [-0.05, 0) is 28.0 Å². The predicted molar refractivity (Wildman–Crippen MR) is 227 cm³/mol. The Morgan fingerprint density at radius 1 is 0.533 bits per heavy atom. The van der Waals surface area contributed by atoms with Crippen molar-refractivity contribution in [3.63, 3.8) is 0 Å². The van der Waals surface area contributed by atoms with Gasteiger partial charge in [-0.2, -0.15) is 0 Å². The first kappa shape index (κ1) is 42.7. The molecule has 0 radical (unpaired) electrons. The molecule has 316 valence electrons. The number of aliphatic hydroxyl groups excluding tert-OH is 1. The van der Waals surface area contributed by atoms with Gasteiger partial charge >= 0.3 is 0 Å². The first-order chi connectivity index (χ1) is 29.7. The van der Waals surface area contributed by atoms with Gasteiger partial charge in [0.25, 0.3) is 0 Å². The van der Waals surface area contributed by atoms with Crippen LogP contribution in [-0.4, -0.2) is 84.6 Å². The first-order valence-corrected chi connectivity index (χ1v) is 21.8. The lowest BCUT2D eigenvalue weighted by molar-refractivity contribution is -0.389. The van der Waals surface area contributed by atoms with E-state index >= 15 is 0 Å². The summed E-state index contributed by atoms with van der Waals surface area (Å²) in [5.74, 6) is 0.763. The van der Waals surface area contributed by atoms with Crippen LogP contribution in [0, 0.1) is 0 Å². The Bertz CT molecular complexity index is 1960. The molecule has 60 heavy (non-hydrogen) atoms. The molecule has 8 rings (SSSR count). The topological polar surface area (TPSA) is 103 Å². The number of ether oxygens (including phenoxy) is 9. The van der Waals surface area contributed by atoms with Crippen LogP contribution in [0.4, 0.5) is 0 Å². The minimum Gasteiger partial charge on any atom is -0.394 e. The molecule has 11 atom stereocenters. The maximum Gasteiger partial charge on any atom is 0.187 e. The SMILES string of the molecule is CCS[C@@H]1O[C@H](CO)[C@@H](O[C@H]2O[C@@H]3COC(c4ccccc4)O[C@H]3[C@H](OCc3ccccc3)[C@H]2OCc2ccccc2)[C@H](OCc2ccccc2)[C@H]1OCc1ccccc1. The van der Waals surface area contributed by atoms with E-state index in [1.807, 2.05) is 152 Å². The molecule has 0 amide bonds. The van der Waals surface area contributed by atoms with Crippen molar-refractivity contribution in [2.45, 2.75) is 100 Å². The lowest BCUT2D eigenvalue weighted by atomic mass is 9.95. The Balaban J connectivity index is 1.14. The summed E-state index contributed by atoms with van der Waals surface area (Å²) in [6.45, 7) is 3.14. The van der Waals surface area contributed by atoms with E-state index in [0.717, 1.165) is 33.6 Å². The quantitative estimate of drug-likeness (QED) is 0.0929. The summed E-state index contributed by atoms with van der Waals surface area (Å²) >= 11 is 1.61. The van der Waals surface area contributed by atoms with Crippen LogP contribution in [0.1, 0.15) is 41.0 Å². The van der Waals surface area contributed by atoms with Crippen LogP contribution in [0.3, 0.4) is 0 Å². The van der Waals surface area contributed by atoms with E-state index in [9.17, 15) is 5.11 Å². The summed E-state index contributed by atoms with van der Waals surface area (Å²) in [6, 6.07) is 49.9. The van der Waals surface area contributed by atoms with E-state index in [4.69, 9.17) is 42.6 Å². The van der Waals surface area contributed by atoms with E-state index < -0.39 is 66.8 Å². The summed E-state index contributed by atoms with van der Waals surface area (Å²) in [4.78, 5) is 0. The molecule has 3 aliphatic heterocycles. The summed E-state index contributed by atoms with van der Waals surface area (Å²) in [7, 11) is 0. The van der Waals surface area contributed by atoms with Crippen LogP contribution in [0.15, 0.2) is 152 Å². The van der Waals surface area contributed by atoms with Gasteiger partial charge in [0.1, 0.15) is 54.3 Å². The summed E-state index contributed by atoms with van der Waals surface area (Å²) in [5, 5.41) is 11.0. The Morgan fingerprint density at radius 3 is 1.50 bits per heavy atom. The zero-order valence-corrected chi connectivity index (χ0v) is 34.6. The van der Waals surface area contributed by atoms with Crippen LogP contribution in [-0.2, 0) is 69.1 Å². The third-order valence-corrected chi connectivity index (χ3v) is 11.9. The highest BCUT2D eigenvalue weighted by Crippen LogP contribution is 2.40. The highest BCUT2D eigenvalue weighted by atomic mass is 32.2. The average molecular weight is 835 g/mol. The number of hydrogen-bond donors (Lipinski definition) is 1. The van der Waals surface area contributed by atoms with Crippen LogP contribution in [0.5, 0.6) is 0 Å². The molecule has 3 heterocycles. The molecule has 1 N–H and O–H groups in total. The fourth-order valence-corrected chi connectivity index (χ4v) is 8.85. The van der Waals surface area contributed by atoms with Crippen LogP contribution in [0.25, 0.3) is 0 Å². The second-order valence-electron chi connectivity index (χ2n) is 15.0. The number of hydrogen-bond acceptors (Lipinski definition) is 11. The molecule has 1 unspecified atom stereocenters. The van der Waals surface area contributed by atoms with Gasteiger partial charge in [0.2, 0.25) is 0 Å². The minimum absolute atomic E-state index is 0.219. The van der Waals surface area contributed by atoms with E-state index in [0.29, 0.717) is 13.2 Å². The van der Waals surface area contributed by atoms with Gasteiger partial charge in [0.05, 0.1) is 39.6 Å². The summed E-state index contributed by atoms with van der Waals surface area (Å²) < 4.78 is 61.2. The van der Waals surface area contributed by atoms with Crippen LogP contribution >= 0.6 is 11.8 Å². The van der Waals surface area contributed by atoms with E-state index in [1.54, 1.807) is 11.8 Å². The lowest BCUT2D eigenvalue weighted by Gasteiger charge is -2.51. The fraction of sp³-hybridized carbons (Fsp3) is 0.388. The highest BCUT2D eigenvalue weighted by molar-refractivity contribution is 7.99. The molecular weight excluding hydrogens is 781 g/mol. The summed E-state index contributed by atoms with van der Waals surface area (Å²) in [6.07, 6.45) is -7.19. The number of rotatable bonds is 18. The first-order valence-electron chi connectivity index (χ1n) is 20.8. The second kappa shape index (κ2) is 21.7. The smallest absolute Gasteiger partial charge is 0.187 e. The van der Waals surface area contributed by atoms with E-state index in [-0.39, 0.29) is 26.4 Å². The van der Waals surface area contributed by atoms with Crippen molar-refractivity contribution in [3.8, 4) is 0 Å². The molecule has 3 saturated heterocycles. The molecule has 10 nitrogen and oxygen atoms in total. The Hall–Kier alpha value is -3.95. The zero-order chi connectivity index (χ0) is 40.9. The molecule has 3 aliphatic rings. The molecule has 0 aromatic heterocycles. The standard InChI is InChI=1S/C49H54O10S/c1-2-60-49-46(54-32-37-24-14-6-15-25-37)44(52-30-35-20-10-4-11-21-35)41(39(28-50)57-49)59-48-45(53-31-36-22-12-5-13-23-36)43(51-29-34-18-8-3-9-19-34)42-40(56-48)33-55-47(58-42)38-26-16-7-17-27-38/h3-27,39-50H,2,28-33H2,1H3/t39-,40-,41-,42-,43+,44+,45-,46-,47?,48-,49+/m1/s1. The van der Waals surface area contributed by atoms with Gasteiger partial charge in [-0.1, -0.05) is 159 Å². The molecule has 0 aliphatic carbocycles. The Kier molecular flexibility index (Phi) is 15.5. The minimum atomic E-state index is -1.02. The maximum absolute atomic E-state index is 11.0. The van der Waals surface area contributed by atoms with E-state index in [1.165, 1.54) is 0 Å². The predicted octanol–water partition coefficient (Wildman–Crippen LogP) is 8.02. The van der Waals surface area contributed by atoms with Crippen LogP contribution in [0.2, 0.25) is 0 Å². The van der Waals surface area contributed by atoms with Gasteiger partial charge < -0.3 is 47.7 Å². The monoisotopic (exact) mass is 834 g/mol. The fourth-order valence-electron chi connectivity index (χ4n) is 7.88. The van der Waals surface area contributed by atoms with Crippen molar-refractivity contribution in [3.05, 3.63) is 179 Å². The molecule has 11 heteroatoms. The van der Waals surface area contributed by atoms with Crippen molar-refractivity contribution in [2.75, 3.05) is 19.0 Å².